The van der Waals surface area contributed by atoms with Gasteiger partial charge in [0.05, 0.1) is 11.3 Å². The van der Waals surface area contributed by atoms with Crippen LogP contribution >= 0.6 is 0 Å². The zero-order valence-electron chi connectivity index (χ0n) is 12.8. The highest BCUT2D eigenvalue weighted by Gasteiger charge is 2.16. The molecule has 3 rings (SSSR count). The normalized spacial score (nSPS) is 10.5. The summed E-state index contributed by atoms with van der Waals surface area (Å²) >= 11 is 0. The number of benzene rings is 2. The minimum atomic E-state index is -0.845. The third kappa shape index (κ3) is 3.12. The molecule has 1 heterocycles. The molecule has 4 nitrogen and oxygen atoms in total. The predicted molar refractivity (Wildman–Crippen MR) is 86.5 cm³/mol. The maximum atomic E-state index is 13.6. The van der Waals surface area contributed by atoms with Gasteiger partial charge in [-0.2, -0.15) is 0 Å². The van der Waals surface area contributed by atoms with Gasteiger partial charge in [0.2, 0.25) is 0 Å². The molecular weight excluding hydrogens is 312 g/mol. The lowest BCUT2D eigenvalue weighted by atomic mass is 10.1. The van der Waals surface area contributed by atoms with E-state index in [1.807, 2.05) is 30.3 Å². The van der Waals surface area contributed by atoms with Crippen LogP contribution in [0.25, 0.3) is 11.4 Å². The van der Waals surface area contributed by atoms with E-state index in [0.717, 1.165) is 17.7 Å². The van der Waals surface area contributed by atoms with Crippen molar-refractivity contribution in [3.63, 3.8) is 0 Å². The molecule has 0 aliphatic heterocycles. The highest BCUT2D eigenvalue weighted by Crippen LogP contribution is 2.20. The average molecular weight is 325 g/mol. The van der Waals surface area contributed by atoms with Crippen molar-refractivity contribution in [1.82, 2.24) is 9.97 Å². The van der Waals surface area contributed by atoms with Gasteiger partial charge in [-0.05, 0) is 19.1 Å². The summed E-state index contributed by atoms with van der Waals surface area (Å²) < 4.78 is 27.3. The largest absolute Gasteiger partial charge is 0.317 e. The van der Waals surface area contributed by atoms with Gasteiger partial charge in [-0.1, -0.05) is 36.4 Å². The molecule has 2 aromatic carbocycles. The van der Waals surface area contributed by atoms with Crippen molar-refractivity contribution < 1.29 is 13.6 Å². The van der Waals surface area contributed by atoms with Crippen LogP contribution in [0.1, 0.15) is 16.1 Å². The molecule has 0 aliphatic carbocycles. The second kappa shape index (κ2) is 6.54. The summed E-state index contributed by atoms with van der Waals surface area (Å²) in [5, 5.41) is 2.23. The van der Waals surface area contributed by atoms with Crippen LogP contribution in [-0.4, -0.2) is 15.9 Å². The van der Waals surface area contributed by atoms with E-state index in [2.05, 4.69) is 15.3 Å². The van der Waals surface area contributed by atoms with Crippen LogP contribution in [0.2, 0.25) is 0 Å². The third-order valence-electron chi connectivity index (χ3n) is 3.46. The molecule has 1 N–H and O–H groups in total. The fourth-order valence-corrected chi connectivity index (χ4v) is 2.21. The molecular formula is C18H13F2N3O. The van der Waals surface area contributed by atoms with Crippen LogP contribution in [0.3, 0.4) is 0 Å². The van der Waals surface area contributed by atoms with Gasteiger partial charge in [0, 0.05) is 11.8 Å². The first-order valence-corrected chi connectivity index (χ1v) is 7.20. The van der Waals surface area contributed by atoms with Gasteiger partial charge in [0.15, 0.2) is 5.82 Å². The van der Waals surface area contributed by atoms with E-state index in [4.69, 9.17) is 0 Å². The smallest absolute Gasteiger partial charge is 0.259 e. The average Bonchev–Trinajstić information content (AvgIpc) is 2.59. The highest BCUT2D eigenvalue weighted by molar-refractivity contribution is 6.05. The molecule has 6 heteroatoms. The fraction of sp³-hybridized carbons (Fsp3) is 0.0556. The van der Waals surface area contributed by atoms with Gasteiger partial charge in [-0.25, -0.2) is 18.7 Å². The molecule has 0 fully saturated rings. The number of hydrogen-bond acceptors (Lipinski definition) is 3. The van der Waals surface area contributed by atoms with Gasteiger partial charge in [-0.3, -0.25) is 4.79 Å². The standard InChI is InChI=1S/C18H13F2N3O/c1-11-13(10-21-17(22-11)12-6-3-2-4-7-12)18(24)23-16-14(19)8-5-9-15(16)20/h2-10H,1H3,(H,23,24). The van der Waals surface area contributed by atoms with Crippen LogP contribution in [-0.2, 0) is 0 Å². The minimum absolute atomic E-state index is 0.150. The predicted octanol–water partition coefficient (Wildman–Crippen LogP) is 3.98. The summed E-state index contributed by atoms with van der Waals surface area (Å²) in [7, 11) is 0. The van der Waals surface area contributed by atoms with Gasteiger partial charge in [0.25, 0.3) is 5.91 Å². The third-order valence-corrected chi connectivity index (χ3v) is 3.46. The summed E-state index contributed by atoms with van der Waals surface area (Å²) in [6, 6.07) is 12.7. The van der Waals surface area contributed by atoms with Crippen molar-refractivity contribution in [2.75, 3.05) is 5.32 Å². The number of anilines is 1. The SMILES string of the molecule is Cc1nc(-c2ccccc2)ncc1C(=O)Nc1c(F)cccc1F. The number of nitrogens with zero attached hydrogens (tertiary/aromatic N) is 2. The maximum Gasteiger partial charge on any atom is 0.259 e. The number of nitrogens with one attached hydrogen (secondary N) is 1. The van der Waals surface area contributed by atoms with E-state index in [-0.39, 0.29) is 5.56 Å². The zero-order chi connectivity index (χ0) is 17.1. The Morgan fingerprint density at radius 1 is 1.00 bits per heavy atom. The Kier molecular flexibility index (Phi) is 4.29. The second-order valence-corrected chi connectivity index (χ2v) is 5.11. The summed E-state index contributed by atoms with van der Waals surface area (Å²) in [4.78, 5) is 20.7. The second-order valence-electron chi connectivity index (χ2n) is 5.11. The summed E-state index contributed by atoms with van der Waals surface area (Å²) in [5.74, 6) is -1.89. The molecule has 0 spiro atoms. The first-order valence-electron chi connectivity index (χ1n) is 7.20. The summed E-state index contributed by atoms with van der Waals surface area (Å²) in [6.07, 6.45) is 1.35. The molecule has 24 heavy (non-hydrogen) atoms. The van der Waals surface area contributed by atoms with E-state index >= 15 is 0 Å². The molecule has 0 atom stereocenters. The molecule has 0 saturated carbocycles. The van der Waals surface area contributed by atoms with Crippen molar-refractivity contribution >= 4 is 11.6 Å². The van der Waals surface area contributed by atoms with E-state index in [1.54, 1.807) is 6.92 Å². The summed E-state index contributed by atoms with van der Waals surface area (Å²) in [6.45, 7) is 1.64. The quantitative estimate of drug-likeness (QED) is 0.792. The Balaban J connectivity index is 1.89. The Hall–Kier alpha value is -3.15. The topological polar surface area (TPSA) is 54.9 Å². The van der Waals surface area contributed by atoms with Gasteiger partial charge in [-0.15, -0.1) is 0 Å². The van der Waals surface area contributed by atoms with Crippen LogP contribution in [0, 0.1) is 18.6 Å². The molecule has 120 valence electrons. The highest BCUT2D eigenvalue weighted by atomic mass is 19.1. The number of carbonyl (C=O) groups is 1. The van der Waals surface area contributed by atoms with Crippen molar-refractivity contribution in [1.29, 1.82) is 0 Å². The number of para-hydroxylation sites is 1. The number of amides is 1. The number of hydrogen-bond donors (Lipinski definition) is 1. The monoisotopic (exact) mass is 325 g/mol. The van der Waals surface area contributed by atoms with Gasteiger partial charge in [0.1, 0.15) is 17.3 Å². The molecule has 0 radical (unpaired) electrons. The molecule has 3 aromatic rings. The van der Waals surface area contributed by atoms with Gasteiger partial charge < -0.3 is 5.32 Å². The van der Waals surface area contributed by atoms with Crippen molar-refractivity contribution in [2.45, 2.75) is 6.92 Å². The van der Waals surface area contributed by atoms with Crippen LogP contribution in [0.5, 0.6) is 0 Å². The molecule has 0 aliphatic rings. The molecule has 1 aromatic heterocycles. The van der Waals surface area contributed by atoms with Crippen molar-refractivity contribution in [3.05, 3.63) is 77.6 Å². The maximum absolute atomic E-state index is 13.6. The van der Waals surface area contributed by atoms with E-state index in [1.165, 1.54) is 12.3 Å². The Morgan fingerprint density at radius 3 is 2.29 bits per heavy atom. The number of aromatic nitrogens is 2. The Bertz CT molecular complexity index is 878. The number of aryl methyl sites for hydroxylation is 1. The van der Waals surface area contributed by atoms with Crippen molar-refractivity contribution in [2.24, 2.45) is 0 Å². The lowest BCUT2D eigenvalue weighted by molar-refractivity contribution is 0.102. The van der Waals surface area contributed by atoms with E-state index in [9.17, 15) is 13.6 Å². The Labute approximate surface area is 137 Å². The lowest BCUT2D eigenvalue weighted by Gasteiger charge is -2.09. The molecule has 1 amide bonds. The molecule has 0 saturated heterocycles. The van der Waals surface area contributed by atoms with Crippen LogP contribution < -0.4 is 5.32 Å². The van der Waals surface area contributed by atoms with E-state index in [0.29, 0.717) is 11.5 Å². The minimum Gasteiger partial charge on any atom is -0.317 e. The number of carbonyl (C=O) groups excluding carboxylic acids is 1. The zero-order valence-corrected chi connectivity index (χ0v) is 12.8. The van der Waals surface area contributed by atoms with Gasteiger partial charge >= 0.3 is 0 Å². The molecule has 0 unspecified atom stereocenters. The van der Waals surface area contributed by atoms with Crippen LogP contribution in [0.4, 0.5) is 14.5 Å². The first-order chi connectivity index (χ1) is 11.6. The number of halogens is 2. The fourth-order valence-electron chi connectivity index (χ4n) is 2.21. The van der Waals surface area contributed by atoms with E-state index < -0.39 is 23.2 Å². The summed E-state index contributed by atoms with van der Waals surface area (Å²) in [5.41, 5.74) is 0.886. The van der Waals surface area contributed by atoms with Crippen LogP contribution in [0.15, 0.2) is 54.7 Å². The first kappa shape index (κ1) is 15.7. The van der Waals surface area contributed by atoms with Crippen molar-refractivity contribution in [3.8, 4) is 11.4 Å². The lowest BCUT2D eigenvalue weighted by Crippen LogP contribution is -2.17. The Morgan fingerprint density at radius 2 is 1.67 bits per heavy atom. The number of rotatable bonds is 3. The molecule has 0 bridgehead atoms.